The summed E-state index contributed by atoms with van der Waals surface area (Å²) >= 11 is 0. The number of hydrogen-bond acceptors (Lipinski definition) is 3. The fourth-order valence-electron chi connectivity index (χ4n) is 2.06. The lowest BCUT2D eigenvalue weighted by Crippen LogP contribution is -2.26. The van der Waals surface area contributed by atoms with Gasteiger partial charge in [-0.2, -0.15) is 0 Å². The number of aromatic nitrogens is 1. The lowest BCUT2D eigenvalue weighted by molar-refractivity contribution is -0.137. The first-order valence-corrected chi connectivity index (χ1v) is 5.55. The van der Waals surface area contributed by atoms with Gasteiger partial charge in [0.2, 0.25) is 0 Å². The van der Waals surface area contributed by atoms with E-state index in [1.807, 2.05) is 42.5 Å². The number of hydrogen-bond donors (Lipinski definition) is 0. The van der Waals surface area contributed by atoms with Crippen molar-refractivity contribution in [2.45, 2.75) is 12.3 Å². The van der Waals surface area contributed by atoms with E-state index in [1.54, 1.807) is 6.20 Å². The molecule has 17 heavy (non-hydrogen) atoms. The standard InChI is InChI=1S/C14H11NO2/c16-14-11(12-6-3-4-8-15-12)9-10-5-1-2-7-13(10)17-14/h1-8,11H,9H2. The first-order valence-electron chi connectivity index (χ1n) is 5.55. The third-order valence-corrected chi connectivity index (χ3v) is 2.94. The highest BCUT2D eigenvalue weighted by molar-refractivity contribution is 5.82. The normalized spacial score (nSPS) is 18.4. The lowest BCUT2D eigenvalue weighted by atomic mass is 9.93. The number of carbonyl (C=O) groups is 1. The van der Waals surface area contributed by atoms with Crippen molar-refractivity contribution in [2.24, 2.45) is 0 Å². The van der Waals surface area contributed by atoms with Crippen LogP contribution in [0.15, 0.2) is 48.7 Å². The fraction of sp³-hybridized carbons (Fsp3) is 0.143. The molecule has 0 fully saturated rings. The second-order valence-corrected chi connectivity index (χ2v) is 4.04. The van der Waals surface area contributed by atoms with E-state index in [1.165, 1.54) is 0 Å². The summed E-state index contributed by atoms with van der Waals surface area (Å²) in [6.07, 6.45) is 2.36. The van der Waals surface area contributed by atoms with E-state index in [9.17, 15) is 4.79 Å². The minimum atomic E-state index is -0.286. The van der Waals surface area contributed by atoms with Crippen LogP contribution < -0.4 is 4.74 Å². The highest BCUT2D eigenvalue weighted by Gasteiger charge is 2.30. The van der Waals surface area contributed by atoms with E-state index in [0.29, 0.717) is 12.2 Å². The Bertz CT molecular complexity index is 551. The average Bonchev–Trinajstić information content (AvgIpc) is 2.39. The zero-order valence-corrected chi connectivity index (χ0v) is 9.17. The van der Waals surface area contributed by atoms with Crippen LogP contribution >= 0.6 is 0 Å². The molecular formula is C14H11NO2. The predicted molar refractivity (Wildman–Crippen MR) is 62.8 cm³/mol. The topological polar surface area (TPSA) is 39.2 Å². The number of nitrogens with zero attached hydrogens (tertiary/aromatic N) is 1. The fourth-order valence-corrected chi connectivity index (χ4v) is 2.06. The van der Waals surface area contributed by atoms with Crippen molar-refractivity contribution in [2.75, 3.05) is 0 Å². The van der Waals surface area contributed by atoms with Crippen molar-refractivity contribution in [3.63, 3.8) is 0 Å². The van der Waals surface area contributed by atoms with Crippen LogP contribution in [0.5, 0.6) is 5.75 Å². The van der Waals surface area contributed by atoms with E-state index >= 15 is 0 Å². The van der Waals surface area contributed by atoms with Crippen LogP contribution in [0.4, 0.5) is 0 Å². The van der Waals surface area contributed by atoms with Gasteiger partial charge in [-0.3, -0.25) is 9.78 Å². The van der Waals surface area contributed by atoms with Crippen molar-refractivity contribution in [3.05, 3.63) is 59.9 Å². The van der Waals surface area contributed by atoms with Crippen molar-refractivity contribution in [3.8, 4) is 5.75 Å². The maximum atomic E-state index is 11.9. The van der Waals surface area contributed by atoms with Gasteiger partial charge in [0, 0.05) is 6.20 Å². The molecular weight excluding hydrogens is 214 g/mol. The van der Waals surface area contributed by atoms with Gasteiger partial charge in [0.25, 0.3) is 0 Å². The van der Waals surface area contributed by atoms with E-state index in [0.717, 1.165) is 11.3 Å². The molecule has 3 rings (SSSR count). The largest absolute Gasteiger partial charge is 0.426 e. The van der Waals surface area contributed by atoms with Gasteiger partial charge in [0.1, 0.15) is 11.7 Å². The maximum Gasteiger partial charge on any atom is 0.320 e. The molecule has 3 heteroatoms. The summed E-state index contributed by atoms with van der Waals surface area (Å²) in [4.78, 5) is 16.1. The Hall–Kier alpha value is -2.16. The molecule has 2 heterocycles. The first kappa shape index (κ1) is 10.0. The van der Waals surface area contributed by atoms with Gasteiger partial charge < -0.3 is 4.74 Å². The Labute approximate surface area is 99.1 Å². The number of para-hydroxylation sites is 1. The maximum absolute atomic E-state index is 11.9. The zero-order valence-electron chi connectivity index (χ0n) is 9.17. The molecule has 1 aromatic heterocycles. The molecule has 0 saturated heterocycles. The van der Waals surface area contributed by atoms with Crippen LogP contribution in [0.25, 0.3) is 0 Å². The average molecular weight is 225 g/mol. The Balaban J connectivity index is 1.98. The number of ether oxygens (including phenoxy) is 1. The molecule has 0 amide bonds. The Kier molecular flexibility index (Phi) is 2.37. The summed E-state index contributed by atoms with van der Waals surface area (Å²) in [5.74, 6) is 0.165. The summed E-state index contributed by atoms with van der Waals surface area (Å²) in [7, 11) is 0. The van der Waals surface area contributed by atoms with E-state index in [4.69, 9.17) is 4.74 Å². The van der Waals surface area contributed by atoms with Crippen LogP contribution in [0.1, 0.15) is 17.2 Å². The van der Waals surface area contributed by atoms with Gasteiger partial charge >= 0.3 is 5.97 Å². The number of fused-ring (bicyclic) bond motifs is 1. The molecule has 1 unspecified atom stereocenters. The van der Waals surface area contributed by atoms with Crippen molar-refractivity contribution in [1.82, 2.24) is 4.98 Å². The minimum absolute atomic E-state index is 0.220. The molecule has 0 N–H and O–H groups in total. The van der Waals surface area contributed by atoms with Crippen LogP contribution in [0.3, 0.4) is 0 Å². The summed E-state index contributed by atoms with van der Waals surface area (Å²) in [5, 5.41) is 0. The van der Waals surface area contributed by atoms with Gasteiger partial charge in [-0.25, -0.2) is 0 Å². The summed E-state index contributed by atoms with van der Waals surface area (Å²) in [5.41, 5.74) is 1.83. The number of esters is 1. The Morgan fingerprint density at radius 3 is 2.76 bits per heavy atom. The SMILES string of the molecule is O=C1Oc2ccccc2CC1c1ccccn1. The number of rotatable bonds is 1. The van der Waals surface area contributed by atoms with Crippen molar-refractivity contribution < 1.29 is 9.53 Å². The summed E-state index contributed by atoms with van der Waals surface area (Å²) in [6, 6.07) is 13.2. The van der Waals surface area contributed by atoms with Crippen LogP contribution in [-0.4, -0.2) is 11.0 Å². The molecule has 2 aromatic rings. The Morgan fingerprint density at radius 1 is 1.12 bits per heavy atom. The van der Waals surface area contributed by atoms with Gasteiger partial charge in [-0.15, -0.1) is 0 Å². The molecule has 0 saturated carbocycles. The second kappa shape index (κ2) is 4.01. The molecule has 1 aliphatic rings. The van der Waals surface area contributed by atoms with Crippen LogP contribution in [-0.2, 0) is 11.2 Å². The summed E-state index contributed by atoms with van der Waals surface area (Å²) < 4.78 is 5.32. The minimum Gasteiger partial charge on any atom is -0.426 e. The van der Waals surface area contributed by atoms with Gasteiger partial charge in [-0.05, 0) is 30.2 Å². The predicted octanol–water partition coefficient (Wildman–Crippen LogP) is 2.33. The third-order valence-electron chi connectivity index (χ3n) is 2.94. The molecule has 0 bridgehead atoms. The molecule has 84 valence electrons. The van der Waals surface area contributed by atoms with Gasteiger partial charge in [0.05, 0.1) is 5.69 Å². The third kappa shape index (κ3) is 1.80. The molecule has 3 nitrogen and oxygen atoms in total. The van der Waals surface area contributed by atoms with Crippen LogP contribution in [0, 0.1) is 0 Å². The van der Waals surface area contributed by atoms with Crippen LogP contribution in [0.2, 0.25) is 0 Å². The molecule has 1 atom stereocenters. The number of pyridine rings is 1. The summed E-state index contributed by atoms with van der Waals surface area (Å²) in [6.45, 7) is 0. The molecule has 0 radical (unpaired) electrons. The quantitative estimate of drug-likeness (QED) is 0.552. The number of benzene rings is 1. The van der Waals surface area contributed by atoms with E-state index < -0.39 is 0 Å². The monoisotopic (exact) mass is 225 g/mol. The smallest absolute Gasteiger partial charge is 0.320 e. The molecule has 1 aromatic carbocycles. The van der Waals surface area contributed by atoms with Crippen molar-refractivity contribution in [1.29, 1.82) is 0 Å². The highest BCUT2D eigenvalue weighted by Crippen LogP contribution is 2.32. The van der Waals surface area contributed by atoms with Gasteiger partial charge in [0.15, 0.2) is 0 Å². The first-order chi connectivity index (χ1) is 8.34. The molecule has 0 aliphatic carbocycles. The second-order valence-electron chi connectivity index (χ2n) is 4.04. The van der Waals surface area contributed by atoms with E-state index in [2.05, 4.69) is 4.98 Å². The zero-order chi connectivity index (χ0) is 11.7. The highest BCUT2D eigenvalue weighted by atomic mass is 16.5. The molecule has 0 spiro atoms. The Morgan fingerprint density at radius 2 is 1.94 bits per heavy atom. The lowest BCUT2D eigenvalue weighted by Gasteiger charge is -2.22. The number of carbonyl (C=O) groups excluding carboxylic acids is 1. The van der Waals surface area contributed by atoms with Crippen molar-refractivity contribution >= 4 is 5.97 Å². The van der Waals surface area contributed by atoms with E-state index in [-0.39, 0.29) is 11.9 Å². The molecule has 1 aliphatic heterocycles. The van der Waals surface area contributed by atoms with Gasteiger partial charge in [-0.1, -0.05) is 24.3 Å².